The summed E-state index contributed by atoms with van der Waals surface area (Å²) in [4.78, 5) is 21.8. The first-order valence-electron chi connectivity index (χ1n) is 5.45. The second kappa shape index (κ2) is 7.06. The van der Waals surface area contributed by atoms with E-state index in [1.54, 1.807) is 0 Å². The van der Waals surface area contributed by atoms with Crippen molar-refractivity contribution in [3.63, 3.8) is 0 Å². The number of rotatable bonds is 6. The summed E-state index contributed by atoms with van der Waals surface area (Å²) in [5, 5.41) is 10.6. The molecule has 0 spiro atoms. The number of carbonyl (C=O) groups excluding carboxylic acids is 1. The van der Waals surface area contributed by atoms with Gasteiger partial charge in [0.25, 0.3) is 0 Å². The Morgan fingerprint density at radius 2 is 2.06 bits per heavy atom. The lowest BCUT2D eigenvalue weighted by molar-refractivity contribution is -0.483. The molecule has 0 saturated heterocycles. The highest BCUT2D eigenvalue weighted by atomic mass is 32.2. The van der Waals surface area contributed by atoms with Crippen molar-refractivity contribution in [2.75, 3.05) is 12.3 Å². The monoisotopic (exact) mass is 253 g/mol. The van der Waals surface area contributed by atoms with Gasteiger partial charge in [-0.25, -0.2) is 0 Å². The van der Waals surface area contributed by atoms with Crippen molar-refractivity contribution in [3.05, 3.63) is 46.0 Å². The third-order valence-corrected chi connectivity index (χ3v) is 3.14. The van der Waals surface area contributed by atoms with Gasteiger partial charge >= 0.3 is 0 Å². The summed E-state index contributed by atoms with van der Waals surface area (Å²) in [6.07, 6.45) is 0.226. The van der Waals surface area contributed by atoms with Crippen molar-refractivity contribution < 1.29 is 9.72 Å². The second-order valence-electron chi connectivity index (χ2n) is 3.63. The Morgan fingerprint density at radius 1 is 1.41 bits per heavy atom. The molecule has 0 saturated carbocycles. The minimum absolute atomic E-state index is 0.0169. The van der Waals surface area contributed by atoms with E-state index in [-0.39, 0.29) is 28.9 Å². The zero-order valence-corrected chi connectivity index (χ0v) is 10.5. The molecule has 0 amide bonds. The molecular formula is C12H15NO3S. The molecule has 0 aliphatic rings. The maximum atomic E-state index is 11.5. The van der Waals surface area contributed by atoms with Crippen LogP contribution in [0.1, 0.15) is 24.8 Å². The number of carbonyl (C=O) groups is 1. The maximum absolute atomic E-state index is 11.5. The summed E-state index contributed by atoms with van der Waals surface area (Å²) >= 11 is 1.22. The average molecular weight is 253 g/mol. The molecule has 0 bridgehead atoms. The van der Waals surface area contributed by atoms with Gasteiger partial charge in [-0.05, 0) is 11.3 Å². The Morgan fingerprint density at radius 3 is 2.59 bits per heavy atom. The number of benzene rings is 1. The van der Waals surface area contributed by atoms with Crippen molar-refractivity contribution in [2.24, 2.45) is 0 Å². The summed E-state index contributed by atoms with van der Waals surface area (Å²) < 4.78 is 0. The molecule has 92 valence electrons. The van der Waals surface area contributed by atoms with E-state index in [2.05, 4.69) is 0 Å². The molecule has 1 atom stereocenters. The fraction of sp³-hybridized carbons (Fsp3) is 0.417. The topological polar surface area (TPSA) is 60.2 Å². The van der Waals surface area contributed by atoms with Gasteiger partial charge in [0.1, 0.15) is 0 Å². The molecule has 0 heterocycles. The number of nitrogens with zero attached hydrogens (tertiary/aromatic N) is 1. The molecule has 1 aromatic carbocycles. The molecule has 0 radical (unpaired) electrons. The van der Waals surface area contributed by atoms with Gasteiger partial charge in [-0.3, -0.25) is 14.9 Å². The number of hydrogen-bond acceptors (Lipinski definition) is 4. The Labute approximate surface area is 105 Å². The number of thioether (sulfide) groups is 1. The normalized spacial score (nSPS) is 12.1. The first kappa shape index (κ1) is 13.7. The molecule has 0 aliphatic carbocycles. The van der Waals surface area contributed by atoms with Crippen LogP contribution in [0.2, 0.25) is 0 Å². The van der Waals surface area contributed by atoms with Crippen LogP contribution in [0.5, 0.6) is 0 Å². The van der Waals surface area contributed by atoms with Gasteiger partial charge in [0.05, 0.1) is 5.92 Å². The van der Waals surface area contributed by atoms with Gasteiger partial charge in [-0.15, -0.1) is 0 Å². The molecule has 1 rings (SSSR count). The lowest BCUT2D eigenvalue weighted by Gasteiger charge is -2.11. The smallest absolute Gasteiger partial charge is 0.211 e. The van der Waals surface area contributed by atoms with Crippen LogP contribution < -0.4 is 0 Å². The fourth-order valence-electron chi connectivity index (χ4n) is 1.61. The molecule has 1 unspecified atom stereocenters. The molecule has 0 aliphatic heterocycles. The second-order valence-corrected chi connectivity index (χ2v) is 4.95. The fourth-order valence-corrected chi connectivity index (χ4v) is 2.26. The summed E-state index contributed by atoms with van der Waals surface area (Å²) in [5.74, 6) is 0.386. The van der Waals surface area contributed by atoms with Crippen molar-refractivity contribution in [1.29, 1.82) is 0 Å². The summed E-state index contributed by atoms with van der Waals surface area (Å²) in [7, 11) is 0. The highest BCUT2D eigenvalue weighted by molar-refractivity contribution is 8.13. The van der Waals surface area contributed by atoms with Crippen molar-refractivity contribution in [2.45, 2.75) is 19.3 Å². The van der Waals surface area contributed by atoms with Crippen LogP contribution in [0.25, 0.3) is 0 Å². The SMILES string of the molecule is CCSC(=O)CC(C[N+](=O)[O-])c1ccccc1. The van der Waals surface area contributed by atoms with Gasteiger partial charge in [0, 0.05) is 11.3 Å². The van der Waals surface area contributed by atoms with Gasteiger partial charge < -0.3 is 0 Å². The van der Waals surface area contributed by atoms with Gasteiger partial charge in [-0.2, -0.15) is 0 Å². The van der Waals surface area contributed by atoms with Crippen LogP contribution in [0.4, 0.5) is 0 Å². The van der Waals surface area contributed by atoms with Crippen LogP contribution >= 0.6 is 11.8 Å². The van der Waals surface area contributed by atoms with E-state index in [0.717, 1.165) is 5.56 Å². The van der Waals surface area contributed by atoms with Crippen LogP contribution in [0.3, 0.4) is 0 Å². The number of nitro groups is 1. The summed E-state index contributed by atoms with van der Waals surface area (Å²) in [6.45, 7) is 1.70. The molecular weight excluding hydrogens is 238 g/mol. The molecule has 0 aromatic heterocycles. The maximum Gasteiger partial charge on any atom is 0.211 e. The number of hydrogen-bond donors (Lipinski definition) is 0. The Balaban J connectivity index is 2.74. The molecule has 5 heteroatoms. The van der Waals surface area contributed by atoms with E-state index in [1.165, 1.54) is 11.8 Å². The third kappa shape index (κ3) is 4.99. The largest absolute Gasteiger partial charge is 0.287 e. The van der Waals surface area contributed by atoms with Gasteiger partial charge in [-0.1, -0.05) is 49.0 Å². The van der Waals surface area contributed by atoms with Crippen LogP contribution in [-0.2, 0) is 4.79 Å². The van der Waals surface area contributed by atoms with E-state index in [1.807, 2.05) is 37.3 Å². The van der Waals surface area contributed by atoms with E-state index < -0.39 is 0 Å². The first-order valence-corrected chi connectivity index (χ1v) is 6.44. The highest BCUT2D eigenvalue weighted by Gasteiger charge is 2.21. The minimum Gasteiger partial charge on any atom is -0.287 e. The average Bonchev–Trinajstić information content (AvgIpc) is 2.29. The van der Waals surface area contributed by atoms with Gasteiger partial charge in [0.2, 0.25) is 6.54 Å². The first-order chi connectivity index (χ1) is 8.13. The van der Waals surface area contributed by atoms with Crippen LogP contribution in [0.15, 0.2) is 30.3 Å². The standard InChI is InChI=1S/C12H15NO3S/c1-2-17-12(14)8-11(9-13(15)16)10-6-4-3-5-7-10/h3-7,11H,2,8-9H2,1H3. The zero-order chi connectivity index (χ0) is 12.7. The molecule has 0 fully saturated rings. The highest BCUT2D eigenvalue weighted by Crippen LogP contribution is 2.22. The lowest BCUT2D eigenvalue weighted by atomic mass is 9.96. The third-order valence-electron chi connectivity index (χ3n) is 2.36. The quantitative estimate of drug-likeness (QED) is 0.577. The molecule has 17 heavy (non-hydrogen) atoms. The predicted molar refractivity (Wildman–Crippen MR) is 68.8 cm³/mol. The lowest BCUT2D eigenvalue weighted by Crippen LogP contribution is -2.15. The Bertz CT molecular complexity index is 381. The van der Waals surface area contributed by atoms with Crippen LogP contribution in [0, 0.1) is 10.1 Å². The minimum atomic E-state index is -0.360. The van der Waals surface area contributed by atoms with Crippen molar-refractivity contribution in [1.82, 2.24) is 0 Å². The van der Waals surface area contributed by atoms with Crippen LogP contribution in [-0.4, -0.2) is 22.3 Å². The summed E-state index contributed by atoms with van der Waals surface area (Å²) in [5.41, 5.74) is 0.856. The van der Waals surface area contributed by atoms with E-state index in [9.17, 15) is 14.9 Å². The van der Waals surface area contributed by atoms with E-state index in [0.29, 0.717) is 5.75 Å². The van der Waals surface area contributed by atoms with Gasteiger partial charge in [0.15, 0.2) is 5.12 Å². The van der Waals surface area contributed by atoms with Crippen molar-refractivity contribution >= 4 is 16.9 Å². The van der Waals surface area contributed by atoms with Crippen molar-refractivity contribution in [3.8, 4) is 0 Å². The Kier molecular flexibility index (Phi) is 5.69. The zero-order valence-electron chi connectivity index (χ0n) is 9.67. The Hall–Kier alpha value is -1.36. The van der Waals surface area contributed by atoms with E-state index in [4.69, 9.17) is 0 Å². The molecule has 0 N–H and O–H groups in total. The molecule has 4 nitrogen and oxygen atoms in total. The van der Waals surface area contributed by atoms with E-state index >= 15 is 0 Å². The molecule has 1 aromatic rings. The predicted octanol–water partition coefficient (Wildman–Crippen LogP) is 2.72. The summed E-state index contributed by atoms with van der Waals surface area (Å²) in [6, 6.07) is 9.19.